The molecule has 0 radical (unpaired) electrons. The van der Waals surface area contributed by atoms with Gasteiger partial charge in [-0.1, -0.05) is 18.9 Å². The van der Waals surface area contributed by atoms with Crippen molar-refractivity contribution in [2.45, 2.75) is 56.6 Å². The van der Waals surface area contributed by atoms with Crippen molar-refractivity contribution >= 4 is 17.7 Å². The number of fused-ring (bicyclic) bond motifs is 1. The summed E-state index contributed by atoms with van der Waals surface area (Å²) in [5.74, 6) is 1.81. The predicted molar refractivity (Wildman–Crippen MR) is 96.3 cm³/mol. The second-order valence-electron chi connectivity index (χ2n) is 6.55. The number of carbonyl (C=O) groups is 1. The maximum atomic E-state index is 11.9. The van der Waals surface area contributed by atoms with E-state index in [1.807, 2.05) is 17.8 Å². The number of rotatable bonds is 7. The SMILES string of the molecule is O=C(COc1ccc2c(c1)CCCC2)NCCSC1CCCC1. The van der Waals surface area contributed by atoms with Crippen LogP contribution < -0.4 is 10.1 Å². The molecule has 1 fully saturated rings. The molecule has 2 aliphatic carbocycles. The van der Waals surface area contributed by atoms with Crippen LogP contribution in [0.5, 0.6) is 5.75 Å². The molecule has 0 aromatic heterocycles. The van der Waals surface area contributed by atoms with E-state index in [1.165, 1.54) is 56.1 Å². The lowest BCUT2D eigenvalue weighted by atomic mass is 9.92. The van der Waals surface area contributed by atoms with Crippen LogP contribution in [-0.4, -0.2) is 30.1 Å². The fourth-order valence-corrected chi connectivity index (χ4v) is 4.69. The van der Waals surface area contributed by atoms with Crippen LogP contribution in [-0.2, 0) is 17.6 Å². The Morgan fingerprint density at radius 2 is 1.91 bits per heavy atom. The number of amides is 1. The van der Waals surface area contributed by atoms with Crippen molar-refractivity contribution in [1.29, 1.82) is 0 Å². The Labute approximate surface area is 143 Å². The topological polar surface area (TPSA) is 38.3 Å². The van der Waals surface area contributed by atoms with E-state index in [0.29, 0.717) is 0 Å². The smallest absolute Gasteiger partial charge is 0.257 e. The van der Waals surface area contributed by atoms with Gasteiger partial charge in [0.25, 0.3) is 5.91 Å². The molecule has 2 aliphatic rings. The van der Waals surface area contributed by atoms with Gasteiger partial charge in [-0.25, -0.2) is 0 Å². The standard InChI is InChI=1S/C19H27NO2S/c21-19(20-11-12-23-18-7-3-4-8-18)14-22-17-10-9-15-5-1-2-6-16(15)13-17/h9-10,13,18H,1-8,11-12,14H2,(H,20,21). The molecule has 23 heavy (non-hydrogen) atoms. The minimum Gasteiger partial charge on any atom is -0.484 e. The molecule has 0 saturated heterocycles. The minimum atomic E-state index is -0.0188. The molecule has 0 aliphatic heterocycles. The van der Waals surface area contributed by atoms with Crippen molar-refractivity contribution in [3.8, 4) is 5.75 Å². The zero-order valence-electron chi connectivity index (χ0n) is 13.8. The van der Waals surface area contributed by atoms with Crippen molar-refractivity contribution in [3.05, 3.63) is 29.3 Å². The van der Waals surface area contributed by atoms with Crippen molar-refractivity contribution < 1.29 is 9.53 Å². The van der Waals surface area contributed by atoms with Crippen molar-refractivity contribution in [2.75, 3.05) is 18.9 Å². The van der Waals surface area contributed by atoms with E-state index in [2.05, 4.69) is 17.4 Å². The Balaban J connectivity index is 1.33. The number of aryl methyl sites for hydroxylation is 2. The fraction of sp³-hybridized carbons (Fsp3) is 0.632. The zero-order chi connectivity index (χ0) is 15.9. The molecule has 1 amide bonds. The van der Waals surface area contributed by atoms with Crippen molar-refractivity contribution in [2.24, 2.45) is 0 Å². The van der Waals surface area contributed by atoms with Gasteiger partial charge in [0.05, 0.1) is 0 Å². The van der Waals surface area contributed by atoms with E-state index in [4.69, 9.17) is 4.74 Å². The van der Waals surface area contributed by atoms with Crippen LogP contribution in [0.15, 0.2) is 18.2 Å². The highest BCUT2D eigenvalue weighted by molar-refractivity contribution is 7.99. The highest BCUT2D eigenvalue weighted by atomic mass is 32.2. The molecule has 0 heterocycles. The minimum absolute atomic E-state index is 0.0188. The van der Waals surface area contributed by atoms with E-state index >= 15 is 0 Å². The number of carbonyl (C=O) groups excluding carboxylic acids is 1. The maximum Gasteiger partial charge on any atom is 0.257 e. The summed E-state index contributed by atoms with van der Waals surface area (Å²) in [7, 11) is 0. The summed E-state index contributed by atoms with van der Waals surface area (Å²) in [6.45, 7) is 0.862. The third kappa shape index (κ3) is 5.17. The highest BCUT2D eigenvalue weighted by Crippen LogP contribution is 2.29. The monoisotopic (exact) mass is 333 g/mol. The number of nitrogens with one attached hydrogen (secondary N) is 1. The first-order valence-electron chi connectivity index (χ1n) is 8.94. The van der Waals surface area contributed by atoms with Gasteiger partial charge in [-0.2, -0.15) is 11.8 Å². The normalized spacial score (nSPS) is 17.7. The van der Waals surface area contributed by atoms with E-state index in [0.717, 1.165) is 29.7 Å². The van der Waals surface area contributed by atoms with E-state index in [9.17, 15) is 4.79 Å². The molecular weight excluding hydrogens is 306 g/mol. The third-order valence-electron chi connectivity index (χ3n) is 4.77. The van der Waals surface area contributed by atoms with E-state index < -0.39 is 0 Å². The summed E-state index contributed by atoms with van der Waals surface area (Å²) < 4.78 is 5.65. The first kappa shape index (κ1) is 16.7. The predicted octanol–water partition coefficient (Wildman–Crippen LogP) is 3.74. The molecule has 0 unspecified atom stereocenters. The van der Waals surface area contributed by atoms with Gasteiger partial charge in [-0.05, 0) is 61.8 Å². The molecule has 1 aromatic rings. The summed E-state index contributed by atoms with van der Waals surface area (Å²) in [5, 5.41) is 3.77. The summed E-state index contributed by atoms with van der Waals surface area (Å²) in [4.78, 5) is 11.9. The lowest BCUT2D eigenvalue weighted by Gasteiger charge is -2.16. The molecule has 1 N–H and O–H groups in total. The molecular formula is C19H27NO2S. The molecule has 0 bridgehead atoms. The molecule has 3 rings (SSSR count). The van der Waals surface area contributed by atoms with Gasteiger partial charge in [0.15, 0.2) is 6.61 Å². The van der Waals surface area contributed by atoms with E-state index in [1.54, 1.807) is 0 Å². The van der Waals surface area contributed by atoms with Gasteiger partial charge in [0.1, 0.15) is 5.75 Å². The van der Waals surface area contributed by atoms with Crippen LogP contribution >= 0.6 is 11.8 Å². The first-order valence-corrected chi connectivity index (χ1v) is 9.99. The van der Waals surface area contributed by atoms with E-state index in [-0.39, 0.29) is 12.5 Å². The lowest BCUT2D eigenvalue weighted by molar-refractivity contribution is -0.122. The Kier molecular flexibility index (Phi) is 6.26. The van der Waals surface area contributed by atoms with Gasteiger partial charge in [-0.3, -0.25) is 4.79 Å². The highest BCUT2D eigenvalue weighted by Gasteiger charge is 2.15. The van der Waals surface area contributed by atoms with Gasteiger partial charge >= 0.3 is 0 Å². The molecule has 126 valence electrons. The van der Waals surface area contributed by atoms with Crippen LogP contribution in [0.4, 0.5) is 0 Å². The summed E-state index contributed by atoms with van der Waals surface area (Å²) in [6.07, 6.45) is 10.3. The first-order chi connectivity index (χ1) is 11.3. The summed E-state index contributed by atoms with van der Waals surface area (Å²) >= 11 is 2.00. The van der Waals surface area contributed by atoms with Crippen LogP contribution in [0.2, 0.25) is 0 Å². The van der Waals surface area contributed by atoms with Crippen LogP contribution in [0.1, 0.15) is 49.7 Å². The number of ether oxygens (including phenoxy) is 1. The molecule has 3 nitrogen and oxygen atoms in total. The quantitative estimate of drug-likeness (QED) is 0.773. The molecule has 0 atom stereocenters. The molecule has 4 heteroatoms. The van der Waals surface area contributed by atoms with Gasteiger partial charge < -0.3 is 10.1 Å². The Morgan fingerprint density at radius 1 is 1.13 bits per heavy atom. The largest absolute Gasteiger partial charge is 0.484 e. The van der Waals surface area contributed by atoms with Gasteiger partial charge in [0.2, 0.25) is 0 Å². The van der Waals surface area contributed by atoms with Crippen LogP contribution in [0.3, 0.4) is 0 Å². The van der Waals surface area contributed by atoms with Crippen molar-refractivity contribution in [3.63, 3.8) is 0 Å². The third-order valence-corrected chi connectivity index (χ3v) is 6.15. The van der Waals surface area contributed by atoms with Gasteiger partial charge in [0, 0.05) is 17.5 Å². The average Bonchev–Trinajstić information content (AvgIpc) is 3.10. The van der Waals surface area contributed by atoms with Gasteiger partial charge in [-0.15, -0.1) is 0 Å². The van der Waals surface area contributed by atoms with Crippen LogP contribution in [0, 0.1) is 0 Å². The second-order valence-corrected chi connectivity index (χ2v) is 7.96. The summed E-state index contributed by atoms with van der Waals surface area (Å²) in [6, 6.07) is 6.26. The maximum absolute atomic E-state index is 11.9. The number of benzene rings is 1. The van der Waals surface area contributed by atoms with Crippen molar-refractivity contribution in [1.82, 2.24) is 5.32 Å². The zero-order valence-corrected chi connectivity index (χ0v) is 14.6. The number of hydrogen-bond acceptors (Lipinski definition) is 3. The molecule has 0 spiro atoms. The Morgan fingerprint density at radius 3 is 2.74 bits per heavy atom. The van der Waals surface area contributed by atoms with Crippen LogP contribution in [0.25, 0.3) is 0 Å². The Bertz CT molecular complexity index is 526. The Hall–Kier alpha value is -1.16. The molecule has 1 saturated carbocycles. The lowest BCUT2D eigenvalue weighted by Crippen LogP contribution is -2.30. The fourth-order valence-electron chi connectivity index (χ4n) is 3.47. The molecule has 1 aromatic carbocycles. The number of hydrogen-bond donors (Lipinski definition) is 1. The average molecular weight is 333 g/mol. The summed E-state index contributed by atoms with van der Waals surface area (Å²) in [5.41, 5.74) is 2.83. The number of thioether (sulfide) groups is 1. The second kappa shape index (κ2) is 8.62.